The summed E-state index contributed by atoms with van der Waals surface area (Å²) < 4.78 is 13.4. The average Bonchev–Trinajstić information content (AvgIpc) is 2.79. The van der Waals surface area contributed by atoms with E-state index in [-0.39, 0.29) is 5.82 Å². The lowest BCUT2D eigenvalue weighted by Crippen LogP contribution is -2.04. The molecule has 0 saturated heterocycles. The molecule has 0 aliphatic carbocycles. The first-order chi connectivity index (χ1) is 14.6. The minimum Gasteiger partial charge on any atom is -0.245 e. The molecule has 1 N–H and O–H groups in total. The van der Waals surface area contributed by atoms with Crippen LogP contribution in [-0.2, 0) is 0 Å². The summed E-state index contributed by atoms with van der Waals surface area (Å²) in [6.45, 7) is 3.98. The molecule has 0 spiro atoms. The zero-order valence-corrected chi connectivity index (χ0v) is 16.8. The van der Waals surface area contributed by atoms with Crippen LogP contribution in [0.1, 0.15) is 18.1 Å². The van der Waals surface area contributed by atoms with Crippen molar-refractivity contribution < 1.29 is 4.39 Å². The van der Waals surface area contributed by atoms with Crippen LogP contribution in [-0.4, -0.2) is 15.7 Å². The summed E-state index contributed by atoms with van der Waals surface area (Å²) in [6, 6.07) is 26.2. The van der Waals surface area contributed by atoms with Crippen molar-refractivity contribution in [2.45, 2.75) is 13.8 Å². The zero-order chi connectivity index (χ0) is 20.9. The van der Waals surface area contributed by atoms with Gasteiger partial charge in [0.05, 0.1) is 17.1 Å². The monoisotopic (exact) mass is 396 g/mol. The van der Waals surface area contributed by atoms with Crippen molar-refractivity contribution in [1.29, 1.82) is 0 Å². The SMILES string of the molecule is C/C(=N\Nc1nc(-c2ccccc2)cc(-c2ccc(F)cc2)n1)c1ccc(C)cc1. The predicted octanol–water partition coefficient (Wildman–Crippen LogP) is 6.09. The van der Waals surface area contributed by atoms with Gasteiger partial charge in [0.1, 0.15) is 5.82 Å². The Bertz CT molecular complexity index is 1170. The van der Waals surface area contributed by atoms with Gasteiger partial charge in [-0.3, -0.25) is 0 Å². The Kier molecular flexibility index (Phi) is 5.61. The highest BCUT2D eigenvalue weighted by Gasteiger charge is 2.09. The number of hydrogen-bond donors (Lipinski definition) is 1. The summed E-state index contributed by atoms with van der Waals surface area (Å²) in [5, 5.41) is 4.46. The lowest BCUT2D eigenvalue weighted by atomic mass is 10.1. The Morgan fingerprint density at radius 1 is 0.800 bits per heavy atom. The van der Waals surface area contributed by atoms with E-state index in [2.05, 4.69) is 27.4 Å². The van der Waals surface area contributed by atoms with E-state index in [0.29, 0.717) is 11.6 Å². The number of rotatable bonds is 5. The van der Waals surface area contributed by atoms with Crippen molar-refractivity contribution in [3.05, 3.63) is 102 Å². The summed E-state index contributed by atoms with van der Waals surface area (Å²) in [4.78, 5) is 9.21. The number of benzene rings is 3. The molecule has 4 rings (SSSR count). The quantitative estimate of drug-likeness (QED) is 0.328. The van der Waals surface area contributed by atoms with Crippen molar-refractivity contribution in [2.75, 3.05) is 5.43 Å². The van der Waals surface area contributed by atoms with Crippen molar-refractivity contribution in [2.24, 2.45) is 5.10 Å². The highest BCUT2D eigenvalue weighted by Crippen LogP contribution is 2.25. The molecule has 0 aliphatic heterocycles. The van der Waals surface area contributed by atoms with E-state index in [4.69, 9.17) is 0 Å². The Hall–Kier alpha value is -3.86. The van der Waals surface area contributed by atoms with E-state index in [1.165, 1.54) is 17.7 Å². The van der Waals surface area contributed by atoms with Gasteiger partial charge in [0, 0.05) is 11.1 Å². The van der Waals surface area contributed by atoms with Gasteiger partial charge in [0.2, 0.25) is 5.95 Å². The molecule has 0 aliphatic rings. The van der Waals surface area contributed by atoms with Crippen LogP contribution in [0.2, 0.25) is 0 Å². The smallest absolute Gasteiger partial charge is 0.244 e. The highest BCUT2D eigenvalue weighted by molar-refractivity contribution is 5.99. The van der Waals surface area contributed by atoms with E-state index >= 15 is 0 Å². The van der Waals surface area contributed by atoms with Crippen LogP contribution in [0, 0.1) is 12.7 Å². The van der Waals surface area contributed by atoms with E-state index in [0.717, 1.165) is 28.1 Å². The molecule has 0 bridgehead atoms. The van der Waals surface area contributed by atoms with Gasteiger partial charge in [-0.05, 0) is 49.7 Å². The molecule has 0 atom stereocenters. The molecule has 5 heteroatoms. The topological polar surface area (TPSA) is 50.2 Å². The number of aromatic nitrogens is 2. The van der Waals surface area contributed by atoms with Crippen LogP contribution in [0.5, 0.6) is 0 Å². The second kappa shape index (κ2) is 8.66. The molecule has 0 radical (unpaired) electrons. The Morgan fingerprint density at radius 3 is 2.03 bits per heavy atom. The first-order valence-electron chi connectivity index (χ1n) is 9.66. The molecule has 4 nitrogen and oxygen atoms in total. The maximum atomic E-state index is 13.4. The number of halogens is 1. The van der Waals surface area contributed by atoms with E-state index < -0.39 is 0 Å². The molecule has 1 aromatic heterocycles. The standard InChI is InChI=1S/C25H21FN4/c1-17-8-10-19(11-9-17)18(2)29-30-25-27-23(20-6-4-3-5-7-20)16-24(28-25)21-12-14-22(26)15-13-21/h3-16H,1-2H3,(H,27,28,30)/b29-18+. The zero-order valence-electron chi connectivity index (χ0n) is 16.8. The van der Waals surface area contributed by atoms with Crippen LogP contribution in [0.25, 0.3) is 22.5 Å². The molecule has 0 amide bonds. The van der Waals surface area contributed by atoms with E-state index in [1.54, 1.807) is 12.1 Å². The molecular weight excluding hydrogens is 375 g/mol. The third kappa shape index (κ3) is 4.58. The second-order valence-electron chi connectivity index (χ2n) is 7.01. The lowest BCUT2D eigenvalue weighted by molar-refractivity contribution is 0.628. The summed E-state index contributed by atoms with van der Waals surface area (Å²) in [6.07, 6.45) is 0. The fourth-order valence-electron chi connectivity index (χ4n) is 3.02. The maximum absolute atomic E-state index is 13.4. The van der Waals surface area contributed by atoms with Crippen molar-refractivity contribution in [1.82, 2.24) is 9.97 Å². The van der Waals surface area contributed by atoms with Crippen LogP contribution in [0.15, 0.2) is 90.0 Å². The van der Waals surface area contributed by atoms with Crippen molar-refractivity contribution >= 4 is 11.7 Å². The van der Waals surface area contributed by atoms with E-state index in [9.17, 15) is 4.39 Å². The third-order valence-corrected chi connectivity index (χ3v) is 4.73. The maximum Gasteiger partial charge on any atom is 0.244 e. The van der Waals surface area contributed by atoms with Crippen molar-refractivity contribution in [3.8, 4) is 22.5 Å². The Morgan fingerprint density at radius 2 is 1.40 bits per heavy atom. The number of hydrazone groups is 1. The molecular formula is C25H21FN4. The molecule has 0 fully saturated rings. The predicted molar refractivity (Wildman–Crippen MR) is 120 cm³/mol. The van der Waals surface area contributed by atoms with Crippen LogP contribution < -0.4 is 5.43 Å². The molecule has 3 aromatic carbocycles. The minimum atomic E-state index is -0.284. The molecule has 30 heavy (non-hydrogen) atoms. The van der Waals surface area contributed by atoms with Gasteiger partial charge in [-0.1, -0.05) is 60.2 Å². The largest absolute Gasteiger partial charge is 0.245 e. The number of nitrogens with zero attached hydrogens (tertiary/aromatic N) is 3. The summed E-state index contributed by atoms with van der Waals surface area (Å²) in [7, 11) is 0. The summed E-state index contributed by atoms with van der Waals surface area (Å²) in [5.41, 5.74) is 9.24. The molecule has 1 heterocycles. The van der Waals surface area contributed by atoms with E-state index in [1.807, 2.05) is 67.6 Å². The fraction of sp³-hybridized carbons (Fsp3) is 0.0800. The average molecular weight is 396 g/mol. The van der Waals surface area contributed by atoms with Gasteiger partial charge in [-0.25, -0.2) is 19.8 Å². The van der Waals surface area contributed by atoms with Gasteiger partial charge in [0.25, 0.3) is 0 Å². The third-order valence-electron chi connectivity index (χ3n) is 4.73. The second-order valence-corrected chi connectivity index (χ2v) is 7.01. The van der Waals surface area contributed by atoms with Crippen LogP contribution in [0.4, 0.5) is 10.3 Å². The fourth-order valence-corrected chi connectivity index (χ4v) is 3.02. The molecule has 0 unspecified atom stereocenters. The normalized spacial score (nSPS) is 11.4. The van der Waals surface area contributed by atoms with Crippen molar-refractivity contribution in [3.63, 3.8) is 0 Å². The molecule has 148 valence electrons. The minimum absolute atomic E-state index is 0.284. The van der Waals surface area contributed by atoms with Gasteiger partial charge in [0.15, 0.2) is 0 Å². The summed E-state index contributed by atoms with van der Waals surface area (Å²) >= 11 is 0. The first-order valence-corrected chi connectivity index (χ1v) is 9.66. The Labute approximate surface area is 175 Å². The van der Waals surface area contributed by atoms with Gasteiger partial charge in [-0.2, -0.15) is 5.10 Å². The van der Waals surface area contributed by atoms with Crippen LogP contribution in [0.3, 0.4) is 0 Å². The number of aryl methyl sites for hydroxylation is 1. The number of anilines is 1. The Balaban J connectivity index is 1.71. The highest BCUT2D eigenvalue weighted by atomic mass is 19.1. The van der Waals surface area contributed by atoms with Gasteiger partial charge < -0.3 is 0 Å². The first kappa shape index (κ1) is 19.5. The summed E-state index contributed by atoms with van der Waals surface area (Å²) in [5.74, 6) is 0.0925. The van der Waals surface area contributed by atoms with Gasteiger partial charge >= 0.3 is 0 Å². The molecule has 0 saturated carbocycles. The molecule has 4 aromatic rings. The number of hydrogen-bond acceptors (Lipinski definition) is 4. The lowest BCUT2D eigenvalue weighted by Gasteiger charge is -2.09. The van der Waals surface area contributed by atoms with Crippen LogP contribution >= 0.6 is 0 Å². The number of nitrogens with one attached hydrogen (secondary N) is 1. The van der Waals surface area contributed by atoms with Gasteiger partial charge in [-0.15, -0.1) is 0 Å².